The number of rotatable bonds is 2. The van der Waals surface area contributed by atoms with Crippen molar-refractivity contribution in [2.24, 2.45) is 0 Å². The Morgan fingerprint density at radius 1 is 1.35 bits per heavy atom. The third kappa shape index (κ3) is 2.88. The van der Waals surface area contributed by atoms with E-state index < -0.39 is 0 Å². The molecule has 0 spiro atoms. The average molecular weight is 337 g/mol. The molecule has 0 aliphatic carbocycles. The van der Waals surface area contributed by atoms with Crippen molar-refractivity contribution in [2.45, 2.75) is 26.9 Å². The molecule has 0 bridgehead atoms. The molecule has 0 radical (unpaired) electrons. The van der Waals surface area contributed by atoms with Crippen LogP contribution in [0.2, 0.25) is 0 Å². The Kier molecular flexibility index (Phi) is 3.81. The van der Waals surface area contributed by atoms with Gasteiger partial charge in [0.05, 0.1) is 12.2 Å². The predicted molar refractivity (Wildman–Crippen MR) is 79.7 cm³/mol. The molecule has 0 atom stereocenters. The quantitative estimate of drug-likeness (QED) is 0.841. The van der Waals surface area contributed by atoms with Crippen molar-refractivity contribution in [3.63, 3.8) is 0 Å². The first-order chi connectivity index (χ1) is 9.61. The van der Waals surface area contributed by atoms with Crippen LogP contribution in [0.3, 0.4) is 0 Å². The van der Waals surface area contributed by atoms with Crippen LogP contribution in [-0.4, -0.2) is 23.0 Å². The largest absolute Gasteiger partial charge is 0.492 e. The first kappa shape index (κ1) is 13.6. The topological polar surface area (TPSA) is 38.5 Å². The summed E-state index contributed by atoms with van der Waals surface area (Å²) in [6.45, 7) is 7.03. The van der Waals surface area contributed by atoms with E-state index in [0.29, 0.717) is 13.2 Å². The lowest BCUT2D eigenvalue weighted by Crippen LogP contribution is -2.25. The second kappa shape index (κ2) is 5.58. The summed E-state index contributed by atoms with van der Waals surface area (Å²) in [6, 6.07) is 6.14. The Labute approximate surface area is 126 Å². The van der Waals surface area contributed by atoms with Crippen LogP contribution in [0.4, 0.5) is 0 Å². The van der Waals surface area contributed by atoms with Crippen molar-refractivity contribution in [3.8, 4) is 5.75 Å². The van der Waals surface area contributed by atoms with Gasteiger partial charge in [0.25, 0.3) is 0 Å². The Balaban J connectivity index is 1.78. The molecule has 1 aromatic carbocycles. The molecular weight excluding hydrogens is 320 g/mol. The van der Waals surface area contributed by atoms with Crippen LogP contribution in [0.25, 0.3) is 0 Å². The lowest BCUT2D eigenvalue weighted by Gasteiger charge is -2.17. The highest BCUT2D eigenvalue weighted by Gasteiger charge is 2.18. The fraction of sp³-hybridized carbons (Fsp3) is 0.400. The number of halogens is 1. The van der Waals surface area contributed by atoms with E-state index in [0.717, 1.165) is 40.7 Å². The molecule has 1 aliphatic heterocycles. The third-order valence-corrected chi connectivity index (χ3v) is 4.01. The Hall–Kier alpha value is -1.33. The van der Waals surface area contributed by atoms with Crippen molar-refractivity contribution in [1.82, 2.24) is 9.88 Å². The number of hydrogen-bond donors (Lipinski definition) is 0. The molecule has 0 unspecified atom stereocenters. The zero-order valence-electron chi connectivity index (χ0n) is 11.6. The van der Waals surface area contributed by atoms with E-state index in [1.165, 1.54) is 5.56 Å². The summed E-state index contributed by atoms with van der Waals surface area (Å²) in [5, 5.41) is 0. The van der Waals surface area contributed by atoms with Crippen molar-refractivity contribution >= 4 is 15.9 Å². The molecule has 2 aromatic rings. The lowest BCUT2D eigenvalue weighted by molar-refractivity contribution is 0.202. The number of nitrogens with zero attached hydrogens (tertiary/aromatic N) is 2. The van der Waals surface area contributed by atoms with Gasteiger partial charge in [-0.05, 0) is 32.0 Å². The maximum Gasteiger partial charge on any atom is 0.208 e. The van der Waals surface area contributed by atoms with Crippen LogP contribution in [0, 0.1) is 13.8 Å². The van der Waals surface area contributed by atoms with Crippen LogP contribution in [-0.2, 0) is 13.1 Å². The maximum atomic E-state index is 5.79. The number of ether oxygens (including phenoxy) is 1. The Morgan fingerprint density at radius 2 is 2.20 bits per heavy atom. The van der Waals surface area contributed by atoms with Gasteiger partial charge in [-0.2, -0.15) is 0 Å². The number of benzene rings is 1. The minimum absolute atomic E-state index is 0.688. The summed E-state index contributed by atoms with van der Waals surface area (Å²) in [5.41, 5.74) is 2.16. The van der Waals surface area contributed by atoms with Gasteiger partial charge >= 0.3 is 0 Å². The molecule has 0 amide bonds. The molecule has 0 N–H and O–H groups in total. The molecule has 2 heterocycles. The van der Waals surface area contributed by atoms with Crippen LogP contribution >= 0.6 is 15.9 Å². The first-order valence-corrected chi connectivity index (χ1v) is 7.47. The highest BCUT2D eigenvalue weighted by molar-refractivity contribution is 9.10. The molecule has 0 saturated carbocycles. The smallest absolute Gasteiger partial charge is 0.208 e. The average Bonchev–Trinajstić information content (AvgIpc) is 2.60. The van der Waals surface area contributed by atoms with Gasteiger partial charge in [0.15, 0.2) is 0 Å². The van der Waals surface area contributed by atoms with Gasteiger partial charge in [-0.1, -0.05) is 15.9 Å². The van der Waals surface area contributed by atoms with Gasteiger partial charge in [-0.25, -0.2) is 4.98 Å². The standard InChI is InChI=1S/C15H17BrN2O2/c1-10-11(2)20-15(17-10)9-18-5-6-19-14-4-3-13(16)7-12(14)8-18/h3-4,7H,5-6,8-9H2,1-2H3. The zero-order chi connectivity index (χ0) is 14.1. The van der Waals surface area contributed by atoms with Crippen LogP contribution in [0.1, 0.15) is 22.9 Å². The molecule has 106 valence electrons. The molecule has 4 nitrogen and oxygen atoms in total. The summed E-state index contributed by atoms with van der Waals surface area (Å²) in [5.74, 6) is 2.64. The van der Waals surface area contributed by atoms with Crippen LogP contribution in [0.5, 0.6) is 5.75 Å². The highest BCUT2D eigenvalue weighted by Crippen LogP contribution is 2.27. The SMILES string of the molecule is Cc1nc(CN2CCOc3ccc(Br)cc3C2)oc1C. The van der Waals surface area contributed by atoms with Crippen molar-refractivity contribution in [3.05, 3.63) is 45.6 Å². The van der Waals surface area contributed by atoms with Gasteiger partial charge in [0.1, 0.15) is 18.1 Å². The molecule has 0 saturated heterocycles. The van der Waals surface area contributed by atoms with Crippen molar-refractivity contribution < 1.29 is 9.15 Å². The summed E-state index contributed by atoms with van der Waals surface area (Å²) in [7, 11) is 0. The third-order valence-electron chi connectivity index (χ3n) is 3.51. The summed E-state index contributed by atoms with van der Waals surface area (Å²) in [6.07, 6.45) is 0. The van der Waals surface area contributed by atoms with Crippen molar-refractivity contribution in [1.29, 1.82) is 0 Å². The summed E-state index contributed by atoms with van der Waals surface area (Å²) < 4.78 is 12.5. The van der Waals surface area contributed by atoms with E-state index in [1.54, 1.807) is 0 Å². The number of aryl methyl sites for hydroxylation is 2. The van der Waals surface area contributed by atoms with Gasteiger partial charge in [-0.15, -0.1) is 0 Å². The molecule has 5 heteroatoms. The van der Waals surface area contributed by atoms with E-state index in [1.807, 2.05) is 26.0 Å². The minimum Gasteiger partial charge on any atom is -0.492 e. The number of fused-ring (bicyclic) bond motifs is 1. The van der Waals surface area contributed by atoms with Crippen LogP contribution < -0.4 is 4.74 Å². The molecule has 3 rings (SSSR count). The Bertz CT molecular complexity index is 605. The number of oxazole rings is 1. The van der Waals surface area contributed by atoms with E-state index in [-0.39, 0.29) is 0 Å². The second-order valence-corrected chi connectivity index (χ2v) is 5.98. The van der Waals surface area contributed by atoms with E-state index in [4.69, 9.17) is 9.15 Å². The highest BCUT2D eigenvalue weighted by atomic mass is 79.9. The summed E-state index contributed by atoms with van der Waals surface area (Å²) in [4.78, 5) is 6.74. The molecule has 1 aromatic heterocycles. The van der Waals surface area contributed by atoms with E-state index in [9.17, 15) is 0 Å². The predicted octanol–water partition coefficient (Wildman–Crippen LogP) is 3.45. The van der Waals surface area contributed by atoms with Gasteiger partial charge in [0.2, 0.25) is 5.89 Å². The van der Waals surface area contributed by atoms with Crippen molar-refractivity contribution in [2.75, 3.05) is 13.2 Å². The lowest BCUT2D eigenvalue weighted by atomic mass is 10.2. The Morgan fingerprint density at radius 3 is 2.95 bits per heavy atom. The fourth-order valence-electron chi connectivity index (χ4n) is 2.35. The van der Waals surface area contributed by atoms with Gasteiger partial charge in [-0.3, -0.25) is 4.90 Å². The van der Waals surface area contributed by atoms with E-state index >= 15 is 0 Å². The molecule has 1 aliphatic rings. The van der Waals surface area contributed by atoms with Gasteiger partial charge < -0.3 is 9.15 Å². The number of hydrogen-bond acceptors (Lipinski definition) is 4. The normalized spacial score (nSPS) is 15.6. The second-order valence-electron chi connectivity index (χ2n) is 5.06. The monoisotopic (exact) mass is 336 g/mol. The molecule has 0 fully saturated rings. The first-order valence-electron chi connectivity index (χ1n) is 6.68. The van der Waals surface area contributed by atoms with E-state index in [2.05, 4.69) is 31.9 Å². The molecule has 20 heavy (non-hydrogen) atoms. The maximum absolute atomic E-state index is 5.79. The summed E-state index contributed by atoms with van der Waals surface area (Å²) >= 11 is 3.51. The minimum atomic E-state index is 0.688. The van der Waals surface area contributed by atoms with Crippen LogP contribution in [0.15, 0.2) is 27.1 Å². The molecular formula is C15H17BrN2O2. The number of aromatic nitrogens is 1. The van der Waals surface area contributed by atoms with Gasteiger partial charge in [0, 0.05) is 23.1 Å². The fourth-order valence-corrected chi connectivity index (χ4v) is 2.76. The zero-order valence-corrected chi connectivity index (χ0v) is 13.2.